The van der Waals surface area contributed by atoms with Crippen molar-refractivity contribution in [2.24, 2.45) is 5.92 Å². The Kier molecular flexibility index (Phi) is 8.81. The molecule has 11 nitrogen and oxygen atoms in total. The van der Waals surface area contributed by atoms with Crippen LogP contribution in [0.1, 0.15) is 64.4 Å². The van der Waals surface area contributed by atoms with Crippen LogP contribution in [0.5, 0.6) is 34.5 Å². The quantitative estimate of drug-likeness (QED) is 0.329. The van der Waals surface area contributed by atoms with E-state index in [-0.39, 0.29) is 36.2 Å². The first-order valence-corrected chi connectivity index (χ1v) is 13.6. The number of rotatable bonds is 8. The third-order valence-electron chi connectivity index (χ3n) is 7.99. The van der Waals surface area contributed by atoms with E-state index < -0.39 is 35.7 Å². The van der Waals surface area contributed by atoms with Gasteiger partial charge in [-0.2, -0.15) is 0 Å². The van der Waals surface area contributed by atoms with Crippen molar-refractivity contribution in [2.45, 2.75) is 58.8 Å². The number of carbonyl (C=O) groups excluding carboxylic acids is 2. The Hall–Kier alpha value is -4.12. The lowest BCUT2D eigenvalue weighted by atomic mass is 9.71. The van der Waals surface area contributed by atoms with Gasteiger partial charge in [-0.3, -0.25) is 4.79 Å². The molecule has 0 saturated carbocycles. The lowest BCUT2D eigenvalue weighted by Crippen LogP contribution is -2.46. The van der Waals surface area contributed by atoms with Gasteiger partial charge in [0, 0.05) is 40.2 Å². The fraction of sp³-hybridized carbons (Fsp3) is 0.484. The highest BCUT2D eigenvalue weighted by molar-refractivity contribution is 5.91. The van der Waals surface area contributed by atoms with Crippen LogP contribution in [0.25, 0.3) is 11.1 Å². The summed E-state index contributed by atoms with van der Waals surface area (Å²) in [6, 6.07) is 3.34. The summed E-state index contributed by atoms with van der Waals surface area (Å²) in [6.45, 7) is 8.21. The standard InChI is InChI=1S/C31H38O11/c1-10-15(3)30(33)42-29-18-13-19(35-6)25(36-7)27(37-8)23(18)22-17(12-20-26(28(22)38-9)40-14-39-20)24(41-21(32)11-2)16(4)31(29,5)34/h10,12-13,16,24,29,34H,11,14H2,1-9H3/t16-,24+,29-,31-/m0/s1. The maximum atomic E-state index is 13.3. The lowest BCUT2D eigenvalue weighted by Gasteiger charge is -2.44. The number of esters is 2. The second-order valence-corrected chi connectivity index (χ2v) is 10.3. The zero-order valence-electron chi connectivity index (χ0n) is 25.4. The zero-order chi connectivity index (χ0) is 30.9. The van der Waals surface area contributed by atoms with Gasteiger partial charge >= 0.3 is 11.9 Å². The maximum Gasteiger partial charge on any atom is 0.334 e. The second-order valence-electron chi connectivity index (χ2n) is 10.3. The molecule has 2 aromatic carbocycles. The summed E-state index contributed by atoms with van der Waals surface area (Å²) in [5.41, 5.74) is 0.132. The molecule has 0 spiro atoms. The Morgan fingerprint density at radius 2 is 1.62 bits per heavy atom. The van der Waals surface area contributed by atoms with Crippen molar-refractivity contribution < 1.29 is 52.6 Å². The number of hydrogen-bond acceptors (Lipinski definition) is 11. The summed E-state index contributed by atoms with van der Waals surface area (Å²) >= 11 is 0. The number of allylic oxidation sites excluding steroid dienone is 1. The van der Waals surface area contributed by atoms with Gasteiger partial charge < -0.3 is 43.0 Å². The largest absolute Gasteiger partial charge is 0.493 e. The van der Waals surface area contributed by atoms with Crippen LogP contribution in [0.3, 0.4) is 0 Å². The van der Waals surface area contributed by atoms with Crippen LogP contribution in [0.15, 0.2) is 23.8 Å². The highest BCUT2D eigenvalue weighted by atomic mass is 16.7. The number of carbonyl (C=O) groups is 2. The SMILES string of the molecule is CC=C(C)C(=O)O[C@H]1c2cc(OC)c(OC)c(OC)c2-c2c(cc3c(c2OC)OCO3)[C@H](OC(=O)CC)[C@H](C)[C@]1(C)O. The van der Waals surface area contributed by atoms with Gasteiger partial charge in [0.05, 0.1) is 28.4 Å². The average molecular weight is 587 g/mol. The normalized spacial score (nSPS) is 22.6. The van der Waals surface area contributed by atoms with Crippen LogP contribution in [-0.2, 0) is 19.1 Å². The molecule has 1 aliphatic heterocycles. The highest BCUT2D eigenvalue weighted by Gasteiger charge is 2.51. The van der Waals surface area contributed by atoms with Gasteiger partial charge in [0.25, 0.3) is 0 Å². The van der Waals surface area contributed by atoms with Crippen LogP contribution in [0.4, 0.5) is 0 Å². The van der Waals surface area contributed by atoms with Crippen molar-refractivity contribution in [1.29, 1.82) is 0 Å². The number of aliphatic hydroxyl groups is 1. The Bertz CT molecular complexity index is 1410. The molecule has 0 radical (unpaired) electrons. The first-order chi connectivity index (χ1) is 20.0. The van der Waals surface area contributed by atoms with Gasteiger partial charge in [0.15, 0.2) is 29.1 Å². The van der Waals surface area contributed by atoms with Crippen molar-refractivity contribution >= 4 is 11.9 Å². The molecule has 0 amide bonds. The fourth-order valence-corrected chi connectivity index (χ4v) is 5.37. The number of hydrogen-bond donors (Lipinski definition) is 1. The van der Waals surface area contributed by atoms with Crippen molar-refractivity contribution in [1.82, 2.24) is 0 Å². The van der Waals surface area contributed by atoms with Crippen LogP contribution in [0, 0.1) is 5.92 Å². The molecule has 4 atom stereocenters. The summed E-state index contributed by atoms with van der Waals surface area (Å²) in [4.78, 5) is 26.1. The molecule has 228 valence electrons. The van der Waals surface area contributed by atoms with Crippen LogP contribution >= 0.6 is 0 Å². The smallest absolute Gasteiger partial charge is 0.334 e. The zero-order valence-corrected chi connectivity index (χ0v) is 25.4. The molecule has 0 unspecified atom stereocenters. The summed E-state index contributed by atoms with van der Waals surface area (Å²) < 4.78 is 46.9. The molecule has 0 fully saturated rings. The molecule has 42 heavy (non-hydrogen) atoms. The highest BCUT2D eigenvalue weighted by Crippen LogP contribution is 2.61. The van der Waals surface area contributed by atoms with E-state index in [1.54, 1.807) is 45.9 Å². The van der Waals surface area contributed by atoms with E-state index >= 15 is 0 Å². The predicted molar refractivity (Wildman–Crippen MR) is 151 cm³/mol. The van der Waals surface area contributed by atoms with E-state index in [1.807, 2.05) is 0 Å². The first-order valence-electron chi connectivity index (χ1n) is 13.6. The molecule has 1 N–H and O–H groups in total. The minimum atomic E-state index is -1.80. The summed E-state index contributed by atoms with van der Waals surface area (Å²) in [6.07, 6.45) is -0.637. The first kappa shape index (κ1) is 30.8. The van der Waals surface area contributed by atoms with Crippen molar-refractivity contribution in [3.05, 3.63) is 34.9 Å². The van der Waals surface area contributed by atoms with Gasteiger partial charge in [-0.25, -0.2) is 4.79 Å². The predicted octanol–water partition coefficient (Wildman–Crippen LogP) is 5.06. The average Bonchev–Trinajstić information content (AvgIpc) is 3.47. The molecule has 11 heteroatoms. The van der Waals surface area contributed by atoms with E-state index in [1.165, 1.54) is 35.4 Å². The minimum absolute atomic E-state index is 0.0555. The van der Waals surface area contributed by atoms with Gasteiger partial charge in [-0.1, -0.05) is 19.9 Å². The van der Waals surface area contributed by atoms with Crippen LogP contribution in [0.2, 0.25) is 0 Å². The van der Waals surface area contributed by atoms with E-state index in [4.69, 9.17) is 37.9 Å². The second kappa shape index (κ2) is 12.0. The van der Waals surface area contributed by atoms with Gasteiger partial charge in [0.2, 0.25) is 18.3 Å². The van der Waals surface area contributed by atoms with Crippen LogP contribution in [-0.4, -0.2) is 57.9 Å². The van der Waals surface area contributed by atoms with E-state index in [9.17, 15) is 14.7 Å². The number of benzene rings is 2. The topological polar surface area (TPSA) is 128 Å². The molecule has 1 aliphatic carbocycles. The summed E-state index contributed by atoms with van der Waals surface area (Å²) in [5, 5.41) is 12.3. The van der Waals surface area contributed by atoms with E-state index in [0.717, 1.165) is 0 Å². The van der Waals surface area contributed by atoms with Crippen molar-refractivity contribution in [3.8, 4) is 45.6 Å². The monoisotopic (exact) mass is 586 g/mol. The number of ether oxygens (including phenoxy) is 8. The molecular weight excluding hydrogens is 548 g/mol. The third kappa shape index (κ3) is 4.95. The molecule has 2 aliphatic rings. The summed E-state index contributed by atoms with van der Waals surface area (Å²) in [5.74, 6) is -0.258. The van der Waals surface area contributed by atoms with Gasteiger partial charge in [-0.15, -0.1) is 0 Å². The molecule has 0 aromatic heterocycles. The van der Waals surface area contributed by atoms with Crippen LogP contribution < -0.4 is 28.4 Å². The molecule has 1 heterocycles. The maximum absolute atomic E-state index is 13.3. The lowest BCUT2D eigenvalue weighted by molar-refractivity contribution is -0.183. The Morgan fingerprint density at radius 1 is 0.976 bits per heavy atom. The summed E-state index contributed by atoms with van der Waals surface area (Å²) in [7, 11) is 5.86. The minimum Gasteiger partial charge on any atom is -0.493 e. The Balaban J connectivity index is 2.24. The van der Waals surface area contributed by atoms with Crippen molar-refractivity contribution in [3.63, 3.8) is 0 Å². The molecular formula is C31H38O11. The number of fused-ring (bicyclic) bond motifs is 4. The number of methoxy groups -OCH3 is 4. The molecule has 4 rings (SSSR count). The Labute approximate surface area is 245 Å². The molecule has 0 bridgehead atoms. The van der Waals surface area contributed by atoms with Gasteiger partial charge in [0.1, 0.15) is 11.7 Å². The Morgan fingerprint density at radius 3 is 2.19 bits per heavy atom. The molecule has 0 saturated heterocycles. The fourth-order valence-electron chi connectivity index (χ4n) is 5.37. The third-order valence-corrected chi connectivity index (χ3v) is 7.99. The molecule has 2 aromatic rings. The van der Waals surface area contributed by atoms with Gasteiger partial charge in [-0.05, 0) is 32.9 Å². The van der Waals surface area contributed by atoms with Crippen molar-refractivity contribution in [2.75, 3.05) is 35.2 Å². The van der Waals surface area contributed by atoms with E-state index in [2.05, 4.69) is 0 Å². The van der Waals surface area contributed by atoms with E-state index in [0.29, 0.717) is 39.3 Å².